The van der Waals surface area contributed by atoms with Crippen LogP contribution >= 0.6 is 0 Å². The molecule has 1 unspecified atom stereocenters. The first kappa shape index (κ1) is 24.2. The van der Waals surface area contributed by atoms with Gasteiger partial charge in [0.1, 0.15) is 5.82 Å². The van der Waals surface area contributed by atoms with Crippen LogP contribution in [0.15, 0.2) is 59.1 Å². The fourth-order valence-electron chi connectivity index (χ4n) is 5.23. The van der Waals surface area contributed by atoms with Gasteiger partial charge in [-0.3, -0.25) is 4.98 Å². The maximum atomic E-state index is 13.3. The number of benzene rings is 2. The van der Waals surface area contributed by atoms with Gasteiger partial charge in [0.2, 0.25) is 5.89 Å². The summed E-state index contributed by atoms with van der Waals surface area (Å²) >= 11 is 0. The predicted molar refractivity (Wildman–Crippen MR) is 129 cm³/mol. The molecule has 0 radical (unpaired) electrons. The molecule has 0 aliphatic heterocycles. The summed E-state index contributed by atoms with van der Waals surface area (Å²) in [5, 5.41) is 12.1. The van der Waals surface area contributed by atoms with Gasteiger partial charge in [-0.1, -0.05) is 12.0 Å². The average molecular weight is 499 g/mol. The number of hydrogen-bond donors (Lipinski definition) is 1. The summed E-state index contributed by atoms with van der Waals surface area (Å²) in [6.45, 7) is 2.09. The molecule has 2 heterocycles. The van der Waals surface area contributed by atoms with Crippen LogP contribution in [0.3, 0.4) is 0 Å². The minimum absolute atomic E-state index is 0.124. The Hall–Kier alpha value is -3.49. The van der Waals surface area contributed by atoms with Crippen LogP contribution in [0.4, 0.5) is 23.6 Å². The van der Waals surface area contributed by atoms with Crippen LogP contribution < -0.4 is 5.32 Å². The van der Waals surface area contributed by atoms with Crippen LogP contribution in [-0.4, -0.2) is 21.2 Å². The molecule has 1 fully saturated rings. The molecule has 2 aromatic carbocycles. The molecule has 0 bridgehead atoms. The lowest BCUT2D eigenvalue weighted by Gasteiger charge is -2.34. The number of pyridine rings is 1. The summed E-state index contributed by atoms with van der Waals surface area (Å²) in [5.41, 5.74) is 1.52. The molecule has 5 nitrogen and oxygen atoms in total. The van der Waals surface area contributed by atoms with E-state index < -0.39 is 11.7 Å². The van der Waals surface area contributed by atoms with Crippen molar-refractivity contribution in [2.24, 2.45) is 5.92 Å². The van der Waals surface area contributed by atoms with Crippen molar-refractivity contribution in [3.05, 3.63) is 71.7 Å². The average Bonchev–Trinajstić information content (AvgIpc) is 3.35. The van der Waals surface area contributed by atoms with E-state index in [-0.39, 0.29) is 17.8 Å². The Labute approximate surface area is 206 Å². The summed E-state index contributed by atoms with van der Waals surface area (Å²) in [6.07, 6.45) is 1.77. The first-order chi connectivity index (χ1) is 17.3. The van der Waals surface area contributed by atoms with Gasteiger partial charge in [-0.2, -0.15) is 13.2 Å². The third kappa shape index (κ3) is 5.05. The van der Waals surface area contributed by atoms with E-state index in [9.17, 15) is 17.6 Å². The topological polar surface area (TPSA) is 63.8 Å². The van der Waals surface area contributed by atoms with E-state index in [1.54, 1.807) is 18.3 Å². The first-order valence-corrected chi connectivity index (χ1v) is 12.1. The summed E-state index contributed by atoms with van der Waals surface area (Å²) in [7, 11) is 0. The zero-order valence-electron chi connectivity index (χ0n) is 19.7. The van der Waals surface area contributed by atoms with Crippen LogP contribution in [0.1, 0.15) is 56.1 Å². The van der Waals surface area contributed by atoms with Crippen molar-refractivity contribution >= 4 is 16.9 Å². The summed E-state index contributed by atoms with van der Waals surface area (Å²) in [5.74, 6) is 0.533. The van der Waals surface area contributed by atoms with E-state index in [0.29, 0.717) is 34.3 Å². The molecule has 0 saturated heterocycles. The van der Waals surface area contributed by atoms with Gasteiger partial charge in [0.15, 0.2) is 0 Å². The van der Waals surface area contributed by atoms with Gasteiger partial charge in [-0.15, -0.1) is 5.10 Å². The molecule has 5 rings (SSSR count). The zero-order chi connectivity index (χ0) is 25.3. The van der Waals surface area contributed by atoms with Crippen molar-refractivity contribution in [3.63, 3.8) is 0 Å². The van der Waals surface area contributed by atoms with Crippen molar-refractivity contribution in [1.82, 2.24) is 15.2 Å². The monoisotopic (exact) mass is 498 g/mol. The van der Waals surface area contributed by atoms with Gasteiger partial charge < -0.3 is 9.73 Å². The van der Waals surface area contributed by atoms with Gasteiger partial charge in [-0.25, -0.2) is 4.39 Å². The van der Waals surface area contributed by atoms with E-state index in [1.807, 2.05) is 6.07 Å². The van der Waals surface area contributed by atoms with Crippen molar-refractivity contribution in [2.45, 2.75) is 57.2 Å². The van der Waals surface area contributed by atoms with Gasteiger partial charge in [0.05, 0.1) is 11.1 Å². The molecule has 2 aromatic heterocycles. The molecule has 1 N–H and O–H groups in total. The fraction of sp³-hybridized carbons (Fsp3) is 0.370. The highest BCUT2D eigenvalue weighted by Crippen LogP contribution is 2.41. The molecule has 0 spiro atoms. The van der Waals surface area contributed by atoms with Crippen LogP contribution in [0.2, 0.25) is 0 Å². The van der Waals surface area contributed by atoms with Crippen LogP contribution in [0, 0.1) is 11.7 Å². The second kappa shape index (κ2) is 9.87. The molecular formula is C27H26F4N4O. The maximum absolute atomic E-state index is 13.3. The summed E-state index contributed by atoms with van der Waals surface area (Å²) in [6, 6.07) is 11.9. The number of nitrogens with one attached hydrogen (secondary N) is 1. The van der Waals surface area contributed by atoms with Crippen molar-refractivity contribution in [2.75, 3.05) is 5.32 Å². The Morgan fingerprint density at radius 2 is 1.75 bits per heavy atom. The van der Waals surface area contributed by atoms with Gasteiger partial charge in [0, 0.05) is 23.2 Å². The fourth-order valence-corrected chi connectivity index (χ4v) is 5.23. The normalized spacial score (nSPS) is 19.4. The summed E-state index contributed by atoms with van der Waals surface area (Å²) in [4.78, 5) is 4.27. The third-order valence-corrected chi connectivity index (χ3v) is 7.15. The van der Waals surface area contributed by atoms with Crippen molar-refractivity contribution < 1.29 is 22.0 Å². The smallest absolute Gasteiger partial charge is 0.403 e. The largest absolute Gasteiger partial charge is 0.416 e. The number of rotatable bonds is 6. The Bertz CT molecular complexity index is 1330. The number of fused-ring (bicyclic) bond motifs is 1. The molecule has 1 aliphatic rings. The van der Waals surface area contributed by atoms with Crippen molar-refractivity contribution in [1.29, 1.82) is 0 Å². The maximum Gasteiger partial charge on any atom is 0.416 e. The summed E-state index contributed by atoms with van der Waals surface area (Å²) < 4.78 is 58.8. The zero-order valence-corrected chi connectivity index (χ0v) is 19.7. The SMILES string of the molecule is CCC(Nc1nnc(-c2ccc(F)cc2)o1)[C@H]1CC[C@@H](c2ccnc3ccc(C(F)(F)F)cc32)CC1. The highest BCUT2D eigenvalue weighted by Gasteiger charge is 2.32. The number of anilines is 1. The van der Waals surface area contributed by atoms with Gasteiger partial charge in [0.25, 0.3) is 0 Å². The lowest BCUT2D eigenvalue weighted by atomic mass is 9.75. The minimum atomic E-state index is -4.38. The van der Waals surface area contributed by atoms with E-state index in [1.165, 1.54) is 24.3 Å². The predicted octanol–water partition coefficient (Wildman–Crippen LogP) is 7.61. The number of aromatic nitrogens is 3. The first-order valence-electron chi connectivity index (χ1n) is 12.1. The van der Waals surface area contributed by atoms with E-state index in [4.69, 9.17) is 4.42 Å². The number of nitrogens with zero attached hydrogens (tertiary/aromatic N) is 3. The second-order valence-electron chi connectivity index (χ2n) is 9.32. The molecule has 36 heavy (non-hydrogen) atoms. The van der Waals surface area contributed by atoms with Gasteiger partial charge >= 0.3 is 12.2 Å². The quantitative estimate of drug-likeness (QED) is 0.277. The number of alkyl halides is 3. The van der Waals surface area contributed by atoms with Crippen LogP contribution in [0.5, 0.6) is 0 Å². The second-order valence-corrected chi connectivity index (χ2v) is 9.32. The highest BCUT2D eigenvalue weighted by atomic mass is 19.4. The lowest BCUT2D eigenvalue weighted by Crippen LogP contribution is -2.31. The molecular weight excluding hydrogens is 472 g/mol. The van der Waals surface area contributed by atoms with E-state index >= 15 is 0 Å². The standard InChI is InChI=1S/C27H26F4N4O/c1-2-23(33-26-35-34-25(36-26)18-7-10-20(28)11-8-18)17-5-3-16(4-6-17)21-13-14-32-24-12-9-19(15-22(21)24)27(29,30)31/h7-17,23H,2-6H2,1H3,(H,33,35)/t16-,17+,23?. The van der Waals surface area contributed by atoms with Gasteiger partial charge in [-0.05, 0) is 98.0 Å². The Kier molecular flexibility index (Phi) is 6.64. The molecule has 0 amide bonds. The number of halogens is 4. The van der Waals surface area contributed by atoms with Crippen molar-refractivity contribution in [3.8, 4) is 11.5 Å². The molecule has 9 heteroatoms. The molecule has 1 aliphatic carbocycles. The van der Waals surface area contributed by atoms with Crippen LogP contribution in [-0.2, 0) is 6.18 Å². The molecule has 1 atom stereocenters. The Morgan fingerprint density at radius 1 is 1.00 bits per heavy atom. The lowest BCUT2D eigenvalue weighted by molar-refractivity contribution is -0.137. The Balaban J connectivity index is 1.27. The van der Waals surface area contributed by atoms with Crippen LogP contribution in [0.25, 0.3) is 22.4 Å². The van der Waals surface area contributed by atoms with E-state index in [0.717, 1.165) is 43.7 Å². The number of hydrogen-bond acceptors (Lipinski definition) is 5. The minimum Gasteiger partial charge on any atom is -0.403 e. The molecule has 4 aromatic rings. The molecule has 188 valence electrons. The highest BCUT2D eigenvalue weighted by molar-refractivity contribution is 5.83. The molecule has 1 saturated carbocycles. The van der Waals surface area contributed by atoms with E-state index in [2.05, 4.69) is 27.4 Å². The Morgan fingerprint density at radius 3 is 2.44 bits per heavy atom. The third-order valence-electron chi connectivity index (χ3n) is 7.15.